The zero-order valence-electron chi connectivity index (χ0n) is 15.4. The van der Waals surface area contributed by atoms with E-state index in [0.29, 0.717) is 30.1 Å². The van der Waals surface area contributed by atoms with E-state index in [1.54, 1.807) is 31.2 Å². The summed E-state index contributed by atoms with van der Waals surface area (Å²) in [6.45, 7) is 4.02. The van der Waals surface area contributed by atoms with E-state index in [-0.39, 0.29) is 18.2 Å². The number of methoxy groups -OCH3 is 1. The molecule has 0 radical (unpaired) electrons. The summed E-state index contributed by atoms with van der Waals surface area (Å²) in [4.78, 5) is 26.3. The van der Waals surface area contributed by atoms with Gasteiger partial charge in [0.05, 0.1) is 25.0 Å². The van der Waals surface area contributed by atoms with Gasteiger partial charge in [0.25, 0.3) is 0 Å². The molecule has 27 heavy (non-hydrogen) atoms. The molecule has 2 amide bonds. The average Bonchev–Trinajstić information content (AvgIpc) is 2.86. The highest BCUT2D eigenvalue weighted by atomic mass is 19.1. The maximum absolute atomic E-state index is 15.0. The van der Waals surface area contributed by atoms with Crippen LogP contribution in [0.15, 0.2) is 53.6 Å². The van der Waals surface area contributed by atoms with Crippen LogP contribution in [0.4, 0.5) is 14.9 Å². The monoisotopic (exact) mass is 372 g/mol. The van der Waals surface area contributed by atoms with E-state index >= 15 is 4.39 Å². The average molecular weight is 372 g/mol. The van der Waals surface area contributed by atoms with Gasteiger partial charge < -0.3 is 9.47 Å². The summed E-state index contributed by atoms with van der Waals surface area (Å²) in [5, 5.41) is 0. The number of amides is 2. The van der Waals surface area contributed by atoms with Crippen LogP contribution in [-0.4, -0.2) is 37.2 Å². The molecule has 1 aromatic carbocycles. The molecule has 1 aliphatic carbocycles. The number of carbonyl (C=O) groups excluding carboxylic acids is 2. The third kappa shape index (κ3) is 3.72. The first-order valence-electron chi connectivity index (χ1n) is 8.58. The molecule has 0 N–H and O–H groups in total. The first-order chi connectivity index (χ1) is 12.9. The molecule has 2 aliphatic rings. The SMILES string of the molecule is COc1cc(C)ccc1N(C=O)C1=C(F)C=C(N2CC(C)OC2=O)C=CC1. The molecule has 1 saturated heterocycles. The summed E-state index contributed by atoms with van der Waals surface area (Å²) in [6.07, 6.45) is 4.57. The lowest BCUT2D eigenvalue weighted by Gasteiger charge is -2.22. The largest absolute Gasteiger partial charge is 0.495 e. The summed E-state index contributed by atoms with van der Waals surface area (Å²) < 4.78 is 25.5. The number of rotatable bonds is 5. The maximum atomic E-state index is 15.0. The molecule has 6 nitrogen and oxygen atoms in total. The van der Waals surface area contributed by atoms with E-state index in [0.717, 1.165) is 5.56 Å². The van der Waals surface area contributed by atoms with Crippen LogP contribution in [0.2, 0.25) is 0 Å². The molecule has 1 unspecified atom stereocenters. The van der Waals surface area contributed by atoms with Crippen molar-refractivity contribution in [1.82, 2.24) is 4.90 Å². The highest BCUT2D eigenvalue weighted by Crippen LogP contribution is 2.34. The Labute approximate surface area is 157 Å². The van der Waals surface area contributed by atoms with Crippen LogP contribution >= 0.6 is 0 Å². The minimum absolute atomic E-state index is 0.166. The molecule has 0 bridgehead atoms. The molecule has 1 fully saturated rings. The van der Waals surface area contributed by atoms with Crippen molar-refractivity contribution in [2.45, 2.75) is 26.4 Å². The van der Waals surface area contributed by atoms with Gasteiger partial charge in [-0.2, -0.15) is 0 Å². The van der Waals surface area contributed by atoms with Crippen molar-refractivity contribution in [3.05, 3.63) is 59.2 Å². The second-order valence-corrected chi connectivity index (χ2v) is 6.43. The molecule has 7 heteroatoms. The van der Waals surface area contributed by atoms with Crippen molar-refractivity contribution in [1.29, 1.82) is 0 Å². The number of aryl methyl sites for hydroxylation is 1. The fourth-order valence-electron chi connectivity index (χ4n) is 3.10. The van der Waals surface area contributed by atoms with E-state index in [4.69, 9.17) is 9.47 Å². The Kier molecular flexibility index (Phi) is 5.30. The molecular formula is C20H21FN2O4. The third-order valence-corrected chi connectivity index (χ3v) is 4.41. The van der Waals surface area contributed by atoms with Gasteiger partial charge in [-0.3, -0.25) is 14.6 Å². The van der Waals surface area contributed by atoms with Gasteiger partial charge in [0.2, 0.25) is 6.41 Å². The third-order valence-electron chi connectivity index (χ3n) is 4.41. The van der Waals surface area contributed by atoms with Crippen LogP contribution < -0.4 is 9.64 Å². The predicted molar refractivity (Wildman–Crippen MR) is 98.9 cm³/mol. The van der Waals surface area contributed by atoms with Gasteiger partial charge in [-0.25, -0.2) is 9.18 Å². The standard InChI is InChI=1S/C20H21FN2O4/c1-13-7-8-18(19(9-13)26-3)23(12-24)17-6-4-5-15(10-16(17)21)22-11-14(2)27-20(22)25/h4-5,7-10,12,14H,6,11H2,1-3H3. The molecule has 0 spiro atoms. The maximum Gasteiger partial charge on any atom is 0.414 e. The Morgan fingerprint density at radius 1 is 1.41 bits per heavy atom. The fourth-order valence-corrected chi connectivity index (χ4v) is 3.10. The van der Waals surface area contributed by atoms with Crippen molar-refractivity contribution >= 4 is 18.2 Å². The fraction of sp³-hybridized carbons (Fsp3) is 0.300. The summed E-state index contributed by atoms with van der Waals surface area (Å²) in [6, 6.07) is 5.31. The Bertz CT molecular complexity index is 860. The van der Waals surface area contributed by atoms with Gasteiger partial charge in [-0.15, -0.1) is 0 Å². The van der Waals surface area contributed by atoms with E-state index in [2.05, 4.69) is 0 Å². The Morgan fingerprint density at radius 2 is 2.19 bits per heavy atom. The number of benzene rings is 1. The molecule has 0 aromatic heterocycles. The highest BCUT2D eigenvalue weighted by Gasteiger charge is 2.31. The zero-order chi connectivity index (χ0) is 19.6. The number of nitrogens with zero attached hydrogens (tertiary/aromatic N) is 2. The molecule has 0 saturated carbocycles. The van der Waals surface area contributed by atoms with Crippen LogP contribution in [0.1, 0.15) is 18.9 Å². The lowest BCUT2D eigenvalue weighted by Crippen LogP contribution is -2.23. The number of ether oxygens (including phenoxy) is 2. The molecule has 1 heterocycles. The number of halogens is 1. The van der Waals surface area contributed by atoms with Gasteiger partial charge in [0.15, 0.2) is 0 Å². The van der Waals surface area contributed by atoms with Crippen LogP contribution in [0.3, 0.4) is 0 Å². The van der Waals surface area contributed by atoms with Crippen molar-refractivity contribution in [2.24, 2.45) is 0 Å². The summed E-state index contributed by atoms with van der Waals surface area (Å²) >= 11 is 0. The smallest absolute Gasteiger partial charge is 0.414 e. The van der Waals surface area contributed by atoms with Crippen LogP contribution in [0.25, 0.3) is 0 Å². The van der Waals surface area contributed by atoms with Crippen molar-refractivity contribution in [2.75, 3.05) is 18.6 Å². The molecule has 1 aliphatic heterocycles. The van der Waals surface area contributed by atoms with E-state index in [1.165, 1.54) is 23.0 Å². The summed E-state index contributed by atoms with van der Waals surface area (Å²) in [5.74, 6) is -0.131. The van der Waals surface area contributed by atoms with Crippen molar-refractivity contribution in [3.63, 3.8) is 0 Å². The van der Waals surface area contributed by atoms with Gasteiger partial charge >= 0.3 is 6.09 Å². The number of hydrogen-bond acceptors (Lipinski definition) is 4. The topological polar surface area (TPSA) is 59.1 Å². The molecular weight excluding hydrogens is 351 g/mol. The predicted octanol–water partition coefficient (Wildman–Crippen LogP) is 3.83. The number of hydrogen-bond donors (Lipinski definition) is 0. The first kappa shape index (κ1) is 18.7. The molecule has 142 valence electrons. The number of carbonyl (C=O) groups is 2. The minimum atomic E-state index is -0.600. The van der Waals surface area contributed by atoms with Gasteiger partial charge in [-0.05, 0) is 43.7 Å². The molecule has 3 rings (SSSR count). The van der Waals surface area contributed by atoms with E-state index in [1.807, 2.05) is 13.0 Å². The Morgan fingerprint density at radius 3 is 2.81 bits per heavy atom. The van der Waals surface area contributed by atoms with E-state index in [9.17, 15) is 9.59 Å². The first-order valence-corrected chi connectivity index (χ1v) is 8.58. The number of allylic oxidation sites excluding steroid dienone is 4. The number of cyclic esters (lactones) is 1. The summed E-state index contributed by atoms with van der Waals surface area (Å²) in [7, 11) is 1.50. The lowest BCUT2D eigenvalue weighted by molar-refractivity contribution is -0.107. The quantitative estimate of drug-likeness (QED) is 0.737. The highest BCUT2D eigenvalue weighted by molar-refractivity contribution is 5.84. The van der Waals surface area contributed by atoms with Gasteiger partial charge in [0, 0.05) is 12.1 Å². The van der Waals surface area contributed by atoms with Crippen molar-refractivity contribution in [3.8, 4) is 5.75 Å². The van der Waals surface area contributed by atoms with Gasteiger partial charge in [-0.1, -0.05) is 12.1 Å². The Balaban J connectivity index is 2.00. The normalized spacial score (nSPS) is 19.6. The van der Waals surface area contributed by atoms with Crippen LogP contribution in [-0.2, 0) is 9.53 Å². The molecule has 1 aromatic rings. The second kappa shape index (κ2) is 7.65. The zero-order valence-corrected chi connectivity index (χ0v) is 15.4. The second-order valence-electron chi connectivity index (χ2n) is 6.43. The number of anilines is 1. The van der Waals surface area contributed by atoms with Crippen LogP contribution in [0, 0.1) is 6.92 Å². The van der Waals surface area contributed by atoms with E-state index < -0.39 is 11.9 Å². The van der Waals surface area contributed by atoms with Crippen molar-refractivity contribution < 1.29 is 23.5 Å². The molecule has 1 atom stereocenters. The lowest BCUT2D eigenvalue weighted by atomic mass is 10.1. The Hall–Kier alpha value is -3.09. The van der Waals surface area contributed by atoms with Crippen LogP contribution in [0.5, 0.6) is 5.75 Å². The minimum Gasteiger partial charge on any atom is -0.495 e. The van der Waals surface area contributed by atoms with Gasteiger partial charge in [0.1, 0.15) is 17.7 Å². The summed E-state index contributed by atoms with van der Waals surface area (Å²) in [5.41, 5.74) is 1.96.